The SMILES string of the molecule is c1ccc(CC(c2ccc[nH]2)c2ccc[nH]2)cc1. The lowest BCUT2D eigenvalue weighted by Gasteiger charge is -2.14. The molecule has 0 saturated carbocycles. The zero-order chi connectivity index (χ0) is 12.2. The second kappa shape index (κ2) is 4.96. The molecule has 0 radical (unpaired) electrons. The summed E-state index contributed by atoms with van der Waals surface area (Å²) >= 11 is 0. The molecule has 0 saturated heterocycles. The Kier molecular flexibility index (Phi) is 3.01. The van der Waals surface area contributed by atoms with Gasteiger partial charge in [-0.1, -0.05) is 30.3 Å². The van der Waals surface area contributed by atoms with Crippen molar-refractivity contribution in [2.24, 2.45) is 0 Å². The van der Waals surface area contributed by atoms with E-state index >= 15 is 0 Å². The molecule has 0 unspecified atom stereocenters. The average Bonchev–Trinajstić information content (AvgIpc) is 3.11. The van der Waals surface area contributed by atoms with Gasteiger partial charge in [0.2, 0.25) is 0 Å². The summed E-state index contributed by atoms with van der Waals surface area (Å²) in [5.74, 6) is 0.359. The Bertz CT molecular complexity index is 531. The van der Waals surface area contributed by atoms with Crippen LogP contribution in [-0.2, 0) is 6.42 Å². The van der Waals surface area contributed by atoms with Crippen LogP contribution in [0.1, 0.15) is 22.9 Å². The summed E-state index contributed by atoms with van der Waals surface area (Å²) in [5.41, 5.74) is 3.86. The fraction of sp³-hybridized carbons (Fsp3) is 0.125. The van der Waals surface area contributed by atoms with Crippen LogP contribution in [0.3, 0.4) is 0 Å². The molecule has 1 aromatic carbocycles. The molecule has 0 aliphatic heterocycles. The van der Waals surface area contributed by atoms with Crippen molar-refractivity contribution in [3.63, 3.8) is 0 Å². The van der Waals surface area contributed by atoms with Crippen LogP contribution in [-0.4, -0.2) is 9.97 Å². The monoisotopic (exact) mass is 236 g/mol. The van der Waals surface area contributed by atoms with Crippen LogP contribution in [0.15, 0.2) is 67.0 Å². The molecule has 0 spiro atoms. The minimum Gasteiger partial charge on any atom is -0.364 e. The lowest BCUT2D eigenvalue weighted by Crippen LogP contribution is -2.05. The van der Waals surface area contributed by atoms with Crippen molar-refractivity contribution >= 4 is 0 Å². The molecular formula is C16H16N2. The van der Waals surface area contributed by atoms with Gasteiger partial charge in [0.15, 0.2) is 0 Å². The van der Waals surface area contributed by atoms with Crippen molar-refractivity contribution in [3.05, 3.63) is 83.9 Å². The molecule has 0 bridgehead atoms. The lowest BCUT2D eigenvalue weighted by atomic mass is 9.93. The first-order valence-electron chi connectivity index (χ1n) is 6.24. The zero-order valence-electron chi connectivity index (χ0n) is 10.1. The fourth-order valence-corrected chi connectivity index (χ4v) is 2.36. The Hall–Kier alpha value is -2.22. The lowest BCUT2D eigenvalue weighted by molar-refractivity contribution is 0.759. The maximum Gasteiger partial charge on any atom is 0.0432 e. The van der Waals surface area contributed by atoms with Crippen LogP contribution in [0, 0.1) is 0 Å². The predicted molar refractivity (Wildman–Crippen MR) is 73.6 cm³/mol. The number of nitrogens with one attached hydrogen (secondary N) is 2. The molecule has 18 heavy (non-hydrogen) atoms. The maximum atomic E-state index is 3.33. The van der Waals surface area contributed by atoms with Crippen LogP contribution in [0.25, 0.3) is 0 Å². The minimum atomic E-state index is 0.359. The smallest absolute Gasteiger partial charge is 0.0432 e. The van der Waals surface area contributed by atoms with E-state index in [-0.39, 0.29) is 0 Å². The van der Waals surface area contributed by atoms with Crippen LogP contribution < -0.4 is 0 Å². The fourth-order valence-electron chi connectivity index (χ4n) is 2.36. The van der Waals surface area contributed by atoms with Gasteiger partial charge < -0.3 is 9.97 Å². The van der Waals surface area contributed by atoms with E-state index in [1.54, 1.807) is 0 Å². The summed E-state index contributed by atoms with van der Waals surface area (Å²) in [7, 11) is 0. The number of H-pyrrole nitrogens is 2. The number of hydrogen-bond donors (Lipinski definition) is 2. The van der Waals surface area contributed by atoms with E-state index in [9.17, 15) is 0 Å². The molecule has 0 aliphatic rings. The molecule has 2 heteroatoms. The summed E-state index contributed by atoms with van der Waals surface area (Å²) in [6.45, 7) is 0. The van der Waals surface area contributed by atoms with Crippen LogP contribution in [0.2, 0.25) is 0 Å². The van der Waals surface area contributed by atoms with E-state index in [2.05, 4.69) is 64.6 Å². The van der Waals surface area contributed by atoms with E-state index in [1.165, 1.54) is 17.0 Å². The van der Waals surface area contributed by atoms with E-state index in [1.807, 2.05) is 12.4 Å². The van der Waals surface area contributed by atoms with Gasteiger partial charge in [-0.2, -0.15) is 0 Å². The molecule has 0 amide bonds. The van der Waals surface area contributed by atoms with Crippen LogP contribution >= 0.6 is 0 Å². The van der Waals surface area contributed by atoms with Crippen molar-refractivity contribution in [1.29, 1.82) is 0 Å². The van der Waals surface area contributed by atoms with Crippen molar-refractivity contribution < 1.29 is 0 Å². The Balaban J connectivity index is 1.92. The largest absolute Gasteiger partial charge is 0.364 e. The van der Waals surface area contributed by atoms with Gasteiger partial charge in [-0.05, 0) is 36.2 Å². The van der Waals surface area contributed by atoms with Crippen LogP contribution in [0.4, 0.5) is 0 Å². The Labute approximate surface area is 107 Å². The Morgan fingerprint density at radius 3 is 1.83 bits per heavy atom. The first-order chi connectivity index (χ1) is 8.93. The second-order valence-electron chi connectivity index (χ2n) is 4.49. The molecule has 2 N–H and O–H groups in total. The Morgan fingerprint density at radius 2 is 1.33 bits per heavy atom. The highest BCUT2D eigenvalue weighted by Crippen LogP contribution is 2.26. The molecule has 0 fully saturated rings. The predicted octanol–water partition coefficient (Wildman–Crippen LogP) is 3.72. The third-order valence-corrected chi connectivity index (χ3v) is 3.28. The van der Waals surface area contributed by atoms with Crippen molar-refractivity contribution in [3.8, 4) is 0 Å². The van der Waals surface area contributed by atoms with E-state index in [0.717, 1.165) is 6.42 Å². The van der Waals surface area contributed by atoms with Gasteiger partial charge >= 0.3 is 0 Å². The van der Waals surface area contributed by atoms with E-state index in [0.29, 0.717) is 5.92 Å². The maximum absolute atomic E-state index is 3.33. The summed E-state index contributed by atoms with van der Waals surface area (Å²) < 4.78 is 0. The minimum absolute atomic E-state index is 0.359. The topological polar surface area (TPSA) is 31.6 Å². The van der Waals surface area contributed by atoms with E-state index < -0.39 is 0 Å². The number of aromatic amines is 2. The molecular weight excluding hydrogens is 220 g/mol. The number of aromatic nitrogens is 2. The van der Waals surface area contributed by atoms with Crippen molar-refractivity contribution in [1.82, 2.24) is 9.97 Å². The second-order valence-corrected chi connectivity index (χ2v) is 4.49. The number of benzene rings is 1. The van der Waals surface area contributed by atoms with Gasteiger partial charge in [0.1, 0.15) is 0 Å². The highest BCUT2D eigenvalue weighted by molar-refractivity contribution is 5.28. The van der Waals surface area contributed by atoms with Gasteiger partial charge in [-0.3, -0.25) is 0 Å². The summed E-state index contributed by atoms with van der Waals surface area (Å²) in [5, 5.41) is 0. The molecule has 2 heterocycles. The molecule has 3 rings (SSSR count). The average molecular weight is 236 g/mol. The normalized spacial score (nSPS) is 10.9. The standard InChI is InChI=1S/C16H16N2/c1-2-6-13(7-3-1)12-14(15-8-4-10-17-15)16-9-5-11-18-16/h1-11,14,17-18H,12H2. The zero-order valence-corrected chi connectivity index (χ0v) is 10.1. The Morgan fingerprint density at radius 1 is 0.722 bits per heavy atom. The summed E-state index contributed by atoms with van der Waals surface area (Å²) in [4.78, 5) is 6.65. The highest BCUT2D eigenvalue weighted by Gasteiger charge is 2.16. The van der Waals surface area contributed by atoms with Gasteiger partial charge in [-0.15, -0.1) is 0 Å². The van der Waals surface area contributed by atoms with E-state index in [4.69, 9.17) is 0 Å². The van der Waals surface area contributed by atoms with Gasteiger partial charge in [0, 0.05) is 29.7 Å². The highest BCUT2D eigenvalue weighted by atomic mass is 14.7. The third kappa shape index (κ3) is 2.23. The molecule has 2 nitrogen and oxygen atoms in total. The summed E-state index contributed by atoms with van der Waals surface area (Å²) in [6, 6.07) is 19.0. The van der Waals surface area contributed by atoms with Gasteiger partial charge in [0.25, 0.3) is 0 Å². The van der Waals surface area contributed by atoms with Crippen LogP contribution in [0.5, 0.6) is 0 Å². The number of hydrogen-bond acceptors (Lipinski definition) is 0. The van der Waals surface area contributed by atoms with Gasteiger partial charge in [0.05, 0.1) is 0 Å². The summed E-state index contributed by atoms with van der Waals surface area (Å²) in [6.07, 6.45) is 4.97. The molecule has 2 aromatic heterocycles. The quantitative estimate of drug-likeness (QED) is 0.692. The molecule has 0 atom stereocenters. The van der Waals surface area contributed by atoms with Crippen molar-refractivity contribution in [2.45, 2.75) is 12.3 Å². The molecule has 0 aliphatic carbocycles. The van der Waals surface area contributed by atoms with Gasteiger partial charge in [-0.25, -0.2) is 0 Å². The van der Waals surface area contributed by atoms with Crippen molar-refractivity contribution in [2.75, 3.05) is 0 Å². The third-order valence-electron chi connectivity index (χ3n) is 3.28. The number of rotatable bonds is 4. The first-order valence-corrected chi connectivity index (χ1v) is 6.24. The first kappa shape index (κ1) is 10.9. The molecule has 90 valence electrons. The molecule has 3 aromatic rings.